The van der Waals surface area contributed by atoms with E-state index in [-0.39, 0.29) is 11.7 Å². The fourth-order valence-corrected chi connectivity index (χ4v) is 2.28. The van der Waals surface area contributed by atoms with Gasteiger partial charge in [-0.15, -0.1) is 0 Å². The molecule has 0 radical (unpaired) electrons. The van der Waals surface area contributed by atoms with E-state index in [1.807, 2.05) is 6.92 Å². The molecule has 0 aliphatic heterocycles. The van der Waals surface area contributed by atoms with Crippen LogP contribution in [0.25, 0.3) is 22.6 Å². The van der Waals surface area contributed by atoms with Gasteiger partial charge in [-0.3, -0.25) is 4.79 Å². The minimum Gasteiger partial charge on any atom is -0.436 e. The van der Waals surface area contributed by atoms with Gasteiger partial charge < -0.3 is 9.73 Å². The van der Waals surface area contributed by atoms with E-state index in [1.54, 1.807) is 30.3 Å². The molecule has 0 spiro atoms. The molecular formula is C18H17FN2O2. The van der Waals surface area contributed by atoms with Crippen LogP contribution in [0.2, 0.25) is 0 Å². The molecule has 0 saturated heterocycles. The Hall–Kier alpha value is -2.69. The molecule has 0 bridgehead atoms. The number of rotatable bonds is 5. The summed E-state index contributed by atoms with van der Waals surface area (Å²) < 4.78 is 18.7. The molecule has 4 nitrogen and oxygen atoms in total. The van der Waals surface area contributed by atoms with Crippen LogP contribution in [0.5, 0.6) is 0 Å². The second-order valence-electron chi connectivity index (χ2n) is 5.36. The van der Waals surface area contributed by atoms with Crippen LogP contribution in [0.4, 0.5) is 10.1 Å². The average Bonchev–Trinajstić information content (AvgIpc) is 2.96. The number of amides is 1. The summed E-state index contributed by atoms with van der Waals surface area (Å²) in [6.45, 7) is 2.05. The number of nitrogens with one attached hydrogen (secondary N) is 1. The first-order valence-corrected chi connectivity index (χ1v) is 7.62. The van der Waals surface area contributed by atoms with Gasteiger partial charge in [-0.25, -0.2) is 9.37 Å². The Morgan fingerprint density at radius 2 is 2.00 bits per heavy atom. The molecule has 0 atom stereocenters. The number of oxazole rings is 1. The van der Waals surface area contributed by atoms with E-state index in [0.717, 1.165) is 12.8 Å². The number of nitrogens with zero attached hydrogens (tertiary/aromatic N) is 1. The number of carbonyl (C=O) groups is 1. The van der Waals surface area contributed by atoms with Crippen LogP contribution in [-0.4, -0.2) is 10.9 Å². The Morgan fingerprint density at radius 3 is 2.74 bits per heavy atom. The standard InChI is InChI=1S/C18H17FN2O2/c1-2-3-4-17(22)20-14-9-10-16-15(11-14)21-18(23-16)12-5-7-13(19)8-6-12/h5-11H,2-4H2,1H3,(H,20,22). The minimum atomic E-state index is -0.304. The van der Waals surface area contributed by atoms with Gasteiger partial charge in [0.25, 0.3) is 0 Å². The van der Waals surface area contributed by atoms with Crippen LogP contribution in [0.15, 0.2) is 46.9 Å². The normalized spacial score (nSPS) is 10.9. The summed E-state index contributed by atoms with van der Waals surface area (Å²) >= 11 is 0. The quantitative estimate of drug-likeness (QED) is 0.739. The summed E-state index contributed by atoms with van der Waals surface area (Å²) in [5.41, 5.74) is 2.67. The minimum absolute atomic E-state index is 0.00606. The van der Waals surface area contributed by atoms with Gasteiger partial charge in [-0.1, -0.05) is 13.3 Å². The molecular weight excluding hydrogens is 295 g/mol. The summed E-state index contributed by atoms with van der Waals surface area (Å²) in [5.74, 6) is 0.116. The van der Waals surface area contributed by atoms with E-state index in [9.17, 15) is 9.18 Å². The highest BCUT2D eigenvalue weighted by Gasteiger charge is 2.10. The summed E-state index contributed by atoms with van der Waals surface area (Å²) in [6.07, 6.45) is 2.36. The molecule has 1 amide bonds. The van der Waals surface area contributed by atoms with Gasteiger partial charge in [0.1, 0.15) is 11.3 Å². The highest BCUT2D eigenvalue weighted by atomic mass is 19.1. The van der Waals surface area contributed by atoms with Crippen molar-refractivity contribution in [1.29, 1.82) is 0 Å². The third-order valence-corrected chi connectivity index (χ3v) is 3.52. The number of anilines is 1. The zero-order valence-electron chi connectivity index (χ0n) is 12.8. The van der Waals surface area contributed by atoms with E-state index < -0.39 is 0 Å². The molecule has 1 heterocycles. The monoisotopic (exact) mass is 312 g/mol. The number of benzene rings is 2. The summed E-state index contributed by atoms with van der Waals surface area (Å²) in [6, 6.07) is 11.3. The molecule has 0 unspecified atom stereocenters. The van der Waals surface area contributed by atoms with Crippen molar-refractivity contribution in [3.63, 3.8) is 0 Å². The first-order valence-electron chi connectivity index (χ1n) is 7.62. The maximum absolute atomic E-state index is 13.0. The largest absolute Gasteiger partial charge is 0.436 e. The molecule has 3 aromatic rings. The molecule has 118 valence electrons. The van der Waals surface area contributed by atoms with E-state index in [2.05, 4.69) is 10.3 Å². The van der Waals surface area contributed by atoms with Crippen LogP contribution < -0.4 is 5.32 Å². The van der Waals surface area contributed by atoms with Crippen molar-refractivity contribution in [3.05, 3.63) is 48.3 Å². The van der Waals surface area contributed by atoms with Crippen LogP contribution in [0.3, 0.4) is 0 Å². The Bertz CT molecular complexity index is 825. The van der Waals surface area contributed by atoms with E-state index in [4.69, 9.17) is 4.42 Å². The van der Waals surface area contributed by atoms with Gasteiger partial charge in [0.2, 0.25) is 11.8 Å². The summed E-state index contributed by atoms with van der Waals surface area (Å²) in [4.78, 5) is 16.2. The smallest absolute Gasteiger partial charge is 0.227 e. The SMILES string of the molecule is CCCCC(=O)Nc1ccc2oc(-c3ccc(F)cc3)nc2c1. The Balaban J connectivity index is 1.83. The van der Waals surface area contributed by atoms with Gasteiger partial charge >= 0.3 is 0 Å². The van der Waals surface area contributed by atoms with Gasteiger partial charge in [0, 0.05) is 17.7 Å². The van der Waals surface area contributed by atoms with Crippen molar-refractivity contribution in [3.8, 4) is 11.5 Å². The van der Waals surface area contributed by atoms with Crippen molar-refractivity contribution >= 4 is 22.7 Å². The number of fused-ring (bicyclic) bond motifs is 1. The zero-order chi connectivity index (χ0) is 16.2. The molecule has 2 aromatic carbocycles. The number of unbranched alkanes of at least 4 members (excludes halogenated alkanes) is 1. The van der Waals surface area contributed by atoms with E-state index >= 15 is 0 Å². The number of hydrogen-bond acceptors (Lipinski definition) is 3. The van der Waals surface area contributed by atoms with Crippen LogP contribution in [0.1, 0.15) is 26.2 Å². The van der Waals surface area contributed by atoms with Gasteiger partial charge in [0.05, 0.1) is 0 Å². The highest BCUT2D eigenvalue weighted by molar-refractivity contribution is 5.93. The van der Waals surface area contributed by atoms with E-state index in [1.165, 1.54) is 12.1 Å². The van der Waals surface area contributed by atoms with Crippen molar-refractivity contribution < 1.29 is 13.6 Å². The van der Waals surface area contributed by atoms with Crippen molar-refractivity contribution in [1.82, 2.24) is 4.98 Å². The molecule has 0 saturated carbocycles. The first-order chi connectivity index (χ1) is 11.2. The van der Waals surface area contributed by atoms with Crippen molar-refractivity contribution in [2.75, 3.05) is 5.32 Å². The predicted octanol–water partition coefficient (Wildman–Crippen LogP) is 4.76. The lowest BCUT2D eigenvalue weighted by Crippen LogP contribution is -2.10. The van der Waals surface area contributed by atoms with Crippen LogP contribution >= 0.6 is 0 Å². The number of aromatic nitrogens is 1. The molecule has 23 heavy (non-hydrogen) atoms. The lowest BCUT2D eigenvalue weighted by Gasteiger charge is -2.03. The number of carbonyl (C=O) groups excluding carboxylic acids is 1. The van der Waals surface area contributed by atoms with Crippen molar-refractivity contribution in [2.45, 2.75) is 26.2 Å². The average molecular weight is 312 g/mol. The number of halogens is 1. The van der Waals surface area contributed by atoms with E-state index in [0.29, 0.717) is 34.7 Å². The lowest BCUT2D eigenvalue weighted by molar-refractivity contribution is -0.116. The molecule has 1 aromatic heterocycles. The second-order valence-corrected chi connectivity index (χ2v) is 5.36. The Morgan fingerprint density at radius 1 is 1.22 bits per heavy atom. The maximum Gasteiger partial charge on any atom is 0.227 e. The third kappa shape index (κ3) is 3.56. The van der Waals surface area contributed by atoms with Crippen molar-refractivity contribution in [2.24, 2.45) is 0 Å². The molecule has 0 fully saturated rings. The maximum atomic E-state index is 13.0. The molecule has 0 aliphatic carbocycles. The van der Waals surface area contributed by atoms with Crippen LogP contribution in [-0.2, 0) is 4.79 Å². The fraction of sp³-hybridized carbons (Fsp3) is 0.222. The molecule has 1 N–H and O–H groups in total. The molecule has 0 aliphatic rings. The highest BCUT2D eigenvalue weighted by Crippen LogP contribution is 2.26. The number of hydrogen-bond donors (Lipinski definition) is 1. The lowest BCUT2D eigenvalue weighted by atomic mass is 10.2. The van der Waals surface area contributed by atoms with Gasteiger partial charge in [-0.05, 0) is 48.9 Å². The summed E-state index contributed by atoms with van der Waals surface area (Å²) in [5, 5.41) is 2.86. The zero-order valence-corrected chi connectivity index (χ0v) is 12.8. The molecule has 5 heteroatoms. The van der Waals surface area contributed by atoms with Gasteiger partial charge in [-0.2, -0.15) is 0 Å². The third-order valence-electron chi connectivity index (χ3n) is 3.52. The fourth-order valence-electron chi connectivity index (χ4n) is 2.28. The predicted molar refractivity (Wildman–Crippen MR) is 87.6 cm³/mol. The topological polar surface area (TPSA) is 55.1 Å². The Kier molecular flexibility index (Phi) is 4.37. The second kappa shape index (κ2) is 6.60. The van der Waals surface area contributed by atoms with Crippen LogP contribution in [0, 0.1) is 5.82 Å². The Labute approximate surface area is 133 Å². The van der Waals surface area contributed by atoms with Gasteiger partial charge in [0.15, 0.2) is 5.58 Å². The summed E-state index contributed by atoms with van der Waals surface area (Å²) in [7, 11) is 0. The first kappa shape index (κ1) is 15.2. The molecule has 3 rings (SSSR count).